The summed E-state index contributed by atoms with van der Waals surface area (Å²) in [7, 11) is -0.364. The first-order valence-corrected chi connectivity index (χ1v) is 6.99. The van der Waals surface area contributed by atoms with Crippen LogP contribution in [0.25, 0.3) is 0 Å². The zero-order valence-electron chi connectivity index (χ0n) is 11.0. The van der Waals surface area contributed by atoms with Gasteiger partial charge in [-0.3, -0.25) is 0 Å². The lowest BCUT2D eigenvalue weighted by atomic mass is 9.78. The highest BCUT2D eigenvalue weighted by Crippen LogP contribution is 2.41. The Morgan fingerprint density at radius 2 is 2.00 bits per heavy atom. The second kappa shape index (κ2) is 5.04. The summed E-state index contributed by atoms with van der Waals surface area (Å²) in [5.74, 6) is 0.671. The van der Waals surface area contributed by atoms with Gasteiger partial charge in [0.2, 0.25) is 0 Å². The molecule has 0 radical (unpaired) electrons. The number of fused-ring (bicyclic) bond motifs is 1. The van der Waals surface area contributed by atoms with E-state index in [0.717, 1.165) is 19.6 Å². The second-order valence-corrected chi connectivity index (χ2v) is 5.54. The smallest absolute Gasteiger partial charge is 0.377 e. The number of nitrogens with zero attached hydrogens (tertiary/aromatic N) is 1. The van der Waals surface area contributed by atoms with Crippen LogP contribution in [0.1, 0.15) is 30.0 Å². The molecule has 2 heterocycles. The van der Waals surface area contributed by atoms with Gasteiger partial charge in [0.05, 0.1) is 0 Å². The minimum Gasteiger partial charge on any atom is -0.437 e. The van der Waals surface area contributed by atoms with Crippen LogP contribution < -0.4 is 5.32 Å². The second-order valence-electron chi connectivity index (χ2n) is 5.54. The Labute approximate surface area is 109 Å². The summed E-state index contributed by atoms with van der Waals surface area (Å²) in [5, 5.41) is 13.5. The van der Waals surface area contributed by atoms with E-state index in [0.29, 0.717) is 12.0 Å². The highest BCUT2D eigenvalue weighted by Gasteiger charge is 2.39. The molecule has 0 amide bonds. The molecule has 0 spiro atoms. The molecule has 3 nitrogen and oxygen atoms in total. The molecule has 1 aromatic rings. The summed E-state index contributed by atoms with van der Waals surface area (Å²) < 4.78 is 0. The number of benzene rings is 1. The zero-order valence-corrected chi connectivity index (χ0v) is 11.0. The average Bonchev–Trinajstić information content (AvgIpc) is 2.79. The highest BCUT2D eigenvalue weighted by molar-refractivity contribution is 6.45. The van der Waals surface area contributed by atoms with Gasteiger partial charge in [0, 0.05) is 12.6 Å². The first-order valence-electron chi connectivity index (χ1n) is 6.99. The van der Waals surface area contributed by atoms with E-state index in [1.54, 1.807) is 0 Å². The van der Waals surface area contributed by atoms with Crippen molar-refractivity contribution in [1.29, 1.82) is 0 Å². The third kappa shape index (κ3) is 2.09. The van der Waals surface area contributed by atoms with E-state index in [-0.39, 0.29) is 7.05 Å². The number of piperidine rings is 1. The topological polar surface area (TPSA) is 35.5 Å². The van der Waals surface area contributed by atoms with Gasteiger partial charge >= 0.3 is 7.05 Å². The SMILES string of the molecule is CB(O)N1Cc2ccccc2C1C1CCNCC1. The summed E-state index contributed by atoms with van der Waals surface area (Å²) in [6.45, 7) is 5.00. The first kappa shape index (κ1) is 12.2. The molecule has 2 N–H and O–H groups in total. The third-order valence-corrected chi connectivity index (χ3v) is 4.39. The van der Waals surface area contributed by atoms with Crippen molar-refractivity contribution in [3.05, 3.63) is 35.4 Å². The maximum atomic E-state index is 10.0. The van der Waals surface area contributed by atoms with Crippen LogP contribution in [-0.4, -0.2) is 30.0 Å². The number of hydrogen-bond acceptors (Lipinski definition) is 3. The quantitative estimate of drug-likeness (QED) is 0.776. The molecule has 0 saturated carbocycles. The average molecular weight is 244 g/mol. The monoisotopic (exact) mass is 244 g/mol. The maximum Gasteiger partial charge on any atom is 0.377 e. The fraction of sp³-hybridized carbons (Fsp3) is 0.571. The molecule has 1 aromatic carbocycles. The van der Waals surface area contributed by atoms with Crippen molar-refractivity contribution in [2.45, 2.75) is 32.3 Å². The van der Waals surface area contributed by atoms with Crippen molar-refractivity contribution in [1.82, 2.24) is 10.1 Å². The third-order valence-electron chi connectivity index (χ3n) is 4.39. The van der Waals surface area contributed by atoms with E-state index in [4.69, 9.17) is 0 Å². The van der Waals surface area contributed by atoms with Crippen LogP contribution in [0.3, 0.4) is 0 Å². The van der Waals surface area contributed by atoms with E-state index < -0.39 is 0 Å². The Hall–Kier alpha value is -0.835. The van der Waals surface area contributed by atoms with Crippen LogP contribution in [0.4, 0.5) is 0 Å². The van der Waals surface area contributed by atoms with Crippen LogP contribution in [0.15, 0.2) is 24.3 Å². The van der Waals surface area contributed by atoms with Crippen molar-refractivity contribution in [3.63, 3.8) is 0 Å². The summed E-state index contributed by atoms with van der Waals surface area (Å²) in [4.78, 5) is 2.25. The van der Waals surface area contributed by atoms with Crippen molar-refractivity contribution in [3.8, 4) is 0 Å². The molecule has 3 rings (SSSR count). The maximum absolute atomic E-state index is 10.0. The fourth-order valence-electron chi connectivity index (χ4n) is 3.49. The molecule has 1 saturated heterocycles. The molecule has 18 heavy (non-hydrogen) atoms. The lowest BCUT2D eigenvalue weighted by Gasteiger charge is -2.35. The van der Waals surface area contributed by atoms with Gasteiger partial charge in [0.25, 0.3) is 0 Å². The van der Waals surface area contributed by atoms with Gasteiger partial charge in [0.15, 0.2) is 0 Å². The molecule has 1 unspecified atom stereocenters. The van der Waals surface area contributed by atoms with Gasteiger partial charge in [-0.15, -0.1) is 0 Å². The van der Waals surface area contributed by atoms with Crippen molar-refractivity contribution >= 4 is 7.05 Å². The van der Waals surface area contributed by atoms with Gasteiger partial charge in [-0.1, -0.05) is 24.3 Å². The Kier molecular flexibility index (Phi) is 3.42. The molecule has 0 aromatic heterocycles. The number of rotatable bonds is 2. The Bertz CT molecular complexity index is 418. The van der Waals surface area contributed by atoms with Crippen LogP contribution in [0, 0.1) is 5.92 Å². The molecule has 2 aliphatic heterocycles. The molecule has 0 aliphatic carbocycles. The molecule has 96 valence electrons. The van der Waals surface area contributed by atoms with Crippen LogP contribution >= 0.6 is 0 Å². The van der Waals surface area contributed by atoms with Gasteiger partial charge in [-0.05, 0) is 49.8 Å². The predicted octanol–water partition coefficient (Wildman–Crippen LogP) is 1.65. The van der Waals surface area contributed by atoms with Crippen LogP contribution in [-0.2, 0) is 6.54 Å². The Morgan fingerprint density at radius 3 is 2.72 bits per heavy atom. The summed E-state index contributed by atoms with van der Waals surface area (Å²) in [5.41, 5.74) is 2.83. The molecule has 1 fully saturated rings. The predicted molar refractivity (Wildman–Crippen MR) is 74.2 cm³/mol. The highest BCUT2D eigenvalue weighted by atomic mass is 16.2. The lowest BCUT2D eigenvalue weighted by molar-refractivity contribution is 0.196. The molecule has 4 heteroatoms. The minimum atomic E-state index is -0.364. The van der Waals surface area contributed by atoms with Crippen molar-refractivity contribution in [2.75, 3.05) is 13.1 Å². The minimum absolute atomic E-state index is 0.364. The molecular weight excluding hydrogens is 223 g/mol. The number of hydrogen-bond donors (Lipinski definition) is 2. The number of nitrogens with one attached hydrogen (secondary N) is 1. The standard InChI is InChI=1S/C14H21BN2O/c1-15(18)17-10-12-4-2-3-5-13(12)14(17)11-6-8-16-9-7-11/h2-5,11,14,16,18H,6-10H2,1H3. The summed E-state index contributed by atoms with van der Waals surface area (Å²) in [6.07, 6.45) is 2.42. The van der Waals surface area contributed by atoms with Gasteiger partial charge in [0.1, 0.15) is 0 Å². The van der Waals surface area contributed by atoms with E-state index in [1.165, 1.54) is 24.0 Å². The van der Waals surface area contributed by atoms with E-state index in [9.17, 15) is 5.02 Å². The Morgan fingerprint density at radius 1 is 1.28 bits per heavy atom. The first-order chi connectivity index (χ1) is 8.77. The molecule has 1 atom stereocenters. The van der Waals surface area contributed by atoms with Crippen molar-refractivity contribution < 1.29 is 5.02 Å². The summed E-state index contributed by atoms with van der Waals surface area (Å²) in [6, 6.07) is 9.07. The summed E-state index contributed by atoms with van der Waals surface area (Å²) >= 11 is 0. The van der Waals surface area contributed by atoms with Gasteiger partial charge in [-0.25, -0.2) is 0 Å². The van der Waals surface area contributed by atoms with E-state index in [1.807, 2.05) is 6.82 Å². The van der Waals surface area contributed by atoms with E-state index in [2.05, 4.69) is 34.4 Å². The van der Waals surface area contributed by atoms with Gasteiger partial charge in [-0.2, -0.15) is 0 Å². The van der Waals surface area contributed by atoms with Crippen LogP contribution in [0.2, 0.25) is 6.82 Å². The van der Waals surface area contributed by atoms with Crippen molar-refractivity contribution in [2.24, 2.45) is 5.92 Å². The fourth-order valence-corrected chi connectivity index (χ4v) is 3.49. The normalized spacial score (nSPS) is 25.1. The molecule has 0 bridgehead atoms. The van der Waals surface area contributed by atoms with Crippen LogP contribution in [0.5, 0.6) is 0 Å². The molecular formula is C14H21BN2O. The lowest BCUT2D eigenvalue weighted by Crippen LogP contribution is -2.41. The Balaban J connectivity index is 1.91. The zero-order chi connectivity index (χ0) is 12.5. The molecule has 2 aliphatic rings. The largest absolute Gasteiger partial charge is 0.437 e. The van der Waals surface area contributed by atoms with Gasteiger partial charge < -0.3 is 15.2 Å². The van der Waals surface area contributed by atoms with E-state index >= 15 is 0 Å².